The van der Waals surface area contributed by atoms with Crippen LogP contribution in [0.3, 0.4) is 0 Å². The zero-order valence-corrected chi connectivity index (χ0v) is 9.51. The fourth-order valence-electron chi connectivity index (χ4n) is 1.68. The van der Waals surface area contributed by atoms with Crippen LogP contribution in [0, 0.1) is 6.92 Å². The molecule has 0 aliphatic heterocycles. The van der Waals surface area contributed by atoms with Gasteiger partial charge in [0, 0.05) is 12.0 Å². The van der Waals surface area contributed by atoms with Crippen LogP contribution in [-0.4, -0.2) is 15.3 Å². The maximum absolute atomic E-state index is 9.68. The molecule has 2 rings (SSSR count). The average Bonchev–Trinajstić information content (AvgIpc) is 2.33. The summed E-state index contributed by atoms with van der Waals surface area (Å²) in [7, 11) is 0. The molecule has 3 nitrogen and oxygen atoms in total. The van der Waals surface area contributed by atoms with Crippen LogP contribution in [0.5, 0.6) is 17.2 Å². The lowest BCUT2D eigenvalue weighted by molar-refractivity contribution is 0.365. The van der Waals surface area contributed by atoms with Gasteiger partial charge < -0.3 is 15.3 Å². The van der Waals surface area contributed by atoms with Crippen LogP contribution < -0.4 is 0 Å². The van der Waals surface area contributed by atoms with Gasteiger partial charge in [0.1, 0.15) is 0 Å². The SMILES string of the molecule is Cc1ccc(Cc2ccc(O)c(O)c2O)cc1. The van der Waals surface area contributed by atoms with E-state index < -0.39 is 5.75 Å². The third-order valence-electron chi connectivity index (χ3n) is 2.73. The highest BCUT2D eigenvalue weighted by Gasteiger charge is 2.11. The van der Waals surface area contributed by atoms with E-state index >= 15 is 0 Å². The van der Waals surface area contributed by atoms with Crippen LogP contribution in [0.1, 0.15) is 16.7 Å². The number of rotatable bonds is 2. The Labute approximate surface area is 99.6 Å². The Morgan fingerprint density at radius 3 is 2.12 bits per heavy atom. The number of aromatic hydroxyl groups is 3. The zero-order valence-electron chi connectivity index (χ0n) is 9.51. The second-order valence-corrected chi connectivity index (χ2v) is 4.10. The van der Waals surface area contributed by atoms with E-state index in [9.17, 15) is 15.3 Å². The van der Waals surface area contributed by atoms with Crippen molar-refractivity contribution < 1.29 is 15.3 Å². The number of hydrogen-bond acceptors (Lipinski definition) is 3. The first-order valence-electron chi connectivity index (χ1n) is 5.36. The zero-order chi connectivity index (χ0) is 12.4. The van der Waals surface area contributed by atoms with E-state index in [1.54, 1.807) is 6.07 Å². The van der Waals surface area contributed by atoms with Crippen molar-refractivity contribution in [2.75, 3.05) is 0 Å². The molecule has 0 fully saturated rings. The molecule has 0 aliphatic rings. The topological polar surface area (TPSA) is 60.7 Å². The fourth-order valence-corrected chi connectivity index (χ4v) is 1.68. The Balaban J connectivity index is 2.30. The first kappa shape index (κ1) is 11.3. The summed E-state index contributed by atoms with van der Waals surface area (Å²) in [6, 6.07) is 10.9. The van der Waals surface area contributed by atoms with E-state index in [0.717, 1.165) is 5.56 Å². The van der Waals surface area contributed by atoms with Gasteiger partial charge in [0.2, 0.25) is 5.75 Å². The van der Waals surface area contributed by atoms with Gasteiger partial charge in [-0.05, 0) is 18.6 Å². The molecule has 3 heteroatoms. The Morgan fingerprint density at radius 1 is 0.824 bits per heavy atom. The molecule has 88 valence electrons. The first-order chi connectivity index (χ1) is 8.08. The maximum atomic E-state index is 9.68. The monoisotopic (exact) mass is 230 g/mol. The summed E-state index contributed by atoms with van der Waals surface area (Å²) in [4.78, 5) is 0. The standard InChI is InChI=1S/C14H14O3/c1-9-2-4-10(5-3-9)8-11-6-7-12(15)14(17)13(11)16/h2-7,15-17H,8H2,1H3. The Bertz CT molecular complexity index is 530. The minimum atomic E-state index is -0.463. The summed E-state index contributed by atoms with van der Waals surface area (Å²) in [5.41, 5.74) is 2.80. The molecule has 17 heavy (non-hydrogen) atoms. The smallest absolute Gasteiger partial charge is 0.200 e. The van der Waals surface area contributed by atoms with Crippen molar-refractivity contribution in [3.63, 3.8) is 0 Å². The number of phenols is 3. The van der Waals surface area contributed by atoms with Crippen molar-refractivity contribution in [2.24, 2.45) is 0 Å². The molecule has 0 heterocycles. The van der Waals surface area contributed by atoms with Crippen LogP contribution in [0.15, 0.2) is 36.4 Å². The summed E-state index contributed by atoms with van der Waals surface area (Å²) in [5, 5.41) is 28.3. The van der Waals surface area contributed by atoms with E-state index in [2.05, 4.69) is 0 Å². The maximum Gasteiger partial charge on any atom is 0.200 e. The molecule has 3 N–H and O–H groups in total. The number of hydrogen-bond donors (Lipinski definition) is 3. The molecule has 0 saturated carbocycles. The van der Waals surface area contributed by atoms with Crippen molar-refractivity contribution >= 4 is 0 Å². The van der Waals surface area contributed by atoms with Gasteiger partial charge >= 0.3 is 0 Å². The van der Waals surface area contributed by atoms with Crippen LogP contribution >= 0.6 is 0 Å². The van der Waals surface area contributed by atoms with Crippen LogP contribution in [-0.2, 0) is 6.42 Å². The third-order valence-corrected chi connectivity index (χ3v) is 2.73. The lowest BCUT2D eigenvalue weighted by Crippen LogP contribution is -1.89. The molecular formula is C14H14O3. The molecule has 0 saturated heterocycles. The summed E-state index contributed by atoms with van der Waals surface area (Å²) in [5.74, 6) is -1.03. The van der Waals surface area contributed by atoms with Gasteiger partial charge in [-0.1, -0.05) is 35.9 Å². The van der Waals surface area contributed by atoms with Crippen molar-refractivity contribution in [2.45, 2.75) is 13.3 Å². The van der Waals surface area contributed by atoms with Gasteiger partial charge in [0.15, 0.2) is 11.5 Å². The summed E-state index contributed by atoms with van der Waals surface area (Å²) < 4.78 is 0. The summed E-state index contributed by atoms with van der Waals surface area (Å²) >= 11 is 0. The van der Waals surface area contributed by atoms with Crippen LogP contribution in [0.25, 0.3) is 0 Å². The van der Waals surface area contributed by atoms with Gasteiger partial charge in [-0.2, -0.15) is 0 Å². The van der Waals surface area contributed by atoms with Crippen LogP contribution in [0.4, 0.5) is 0 Å². The first-order valence-corrected chi connectivity index (χ1v) is 5.36. The van der Waals surface area contributed by atoms with Crippen molar-refractivity contribution in [3.8, 4) is 17.2 Å². The number of phenolic OH excluding ortho intramolecular Hbond substituents is 3. The Hall–Kier alpha value is -2.16. The van der Waals surface area contributed by atoms with Crippen molar-refractivity contribution in [3.05, 3.63) is 53.1 Å². The molecule has 0 bridgehead atoms. The number of benzene rings is 2. The van der Waals surface area contributed by atoms with E-state index in [4.69, 9.17) is 0 Å². The predicted octanol–water partition coefficient (Wildman–Crippen LogP) is 2.70. The van der Waals surface area contributed by atoms with Gasteiger partial charge in [-0.3, -0.25) is 0 Å². The molecule has 2 aromatic carbocycles. The van der Waals surface area contributed by atoms with Crippen LogP contribution in [0.2, 0.25) is 0 Å². The second-order valence-electron chi connectivity index (χ2n) is 4.10. The molecule has 0 aliphatic carbocycles. The lowest BCUT2D eigenvalue weighted by Gasteiger charge is -2.07. The normalized spacial score (nSPS) is 10.4. The highest BCUT2D eigenvalue weighted by atomic mass is 16.3. The van der Waals surface area contributed by atoms with E-state index in [-0.39, 0.29) is 11.5 Å². The average molecular weight is 230 g/mol. The quantitative estimate of drug-likeness (QED) is 0.695. The number of aryl methyl sites for hydroxylation is 1. The van der Waals surface area contributed by atoms with Gasteiger partial charge in [0.25, 0.3) is 0 Å². The van der Waals surface area contributed by atoms with E-state index in [1.807, 2.05) is 31.2 Å². The molecule has 0 amide bonds. The van der Waals surface area contributed by atoms with Gasteiger partial charge in [-0.25, -0.2) is 0 Å². The van der Waals surface area contributed by atoms with Crippen molar-refractivity contribution in [1.82, 2.24) is 0 Å². The minimum absolute atomic E-state index is 0.259. The molecule has 0 radical (unpaired) electrons. The van der Waals surface area contributed by atoms with Crippen molar-refractivity contribution in [1.29, 1.82) is 0 Å². The highest BCUT2D eigenvalue weighted by Crippen LogP contribution is 2.37. The lowest BCUT2D eigenvalue weighted by atomic mass is 10.0. The Kier molecular flexibility index (Phi) is 2.91. The Morgan fingerprint density at radius 2 is 1.47 bits per heavy atom. The second kappa shape index (κ2) is 4.37. The molecule has 0 spiro atoms. The van der Waals surface area contributed by atoms with E-state index in [1.165, 1.54) is 11.6 Å². The van der Waals surface area contributed by atoms with Gasteiger partial charge in [-0.15, -0.1) is 0 Å². The molecular weight excluding hydrogens is 216 g/mol. The molecule has 0 atom stereocenters. The fraction of sp³-hybridized carbons (Fsp3) is 0.143. The largest absolute Gasteiger partial charge is 0.504 e. The van der Waals surface area contributed by atoms with E-state index in [0.29, 0.717) is 12.0 Å². The molecule has 2 aromatic rings. The van der Waals surface area contributed by atoms with Gasteiger partial charge in [0.05, 0.1) is 0 Å². The summed E-state index contributed by atoms with van der Waals surface area (Å²) in [6.07, 6.45) is 0.514. The molecule has 0 unspecified atom stereocenters. The minimum Gasteiger partial charge on any atom is -0.504 e. The third kappa shape index (κ3) is 2.33. The molecule has 0 aromatic heterocycles. The highest BCUT2D eigenvalue weighted by molar-refractivity contribution is 5.54. The summed E-state index contributed by atoms with van der Waals surface area (Å²) in [6.45, 7) is 2.01. The predicted molar refractivity (Wildman–Crippen MR) is 65.4 cm³/mol.